The zero-order chi connectivity index (χ0) is 13.7. The molecule has 0 aromatic heterocycles. The molecule has 1 saturated heterocycles. The number of hydrogen-bond acceptors (Lipinski definition) is 3. The highest BCUT2D eigenvalue weighted by Gasteiger charge is 2.18. The molecule has 4 heteroatoms. The fourth-order valence-corrected chi connectivity index (χ4v) is 2.48. The molecule has 1 heterocycles. The van der Waals surface area contributed by atoms with E-state index in [0.29, 0.717) is 17.9 Å². The zero-order valence-electron chi connectivity index (χ0n) is 11.3. The number of carbonyl (C=O) groups excluding carboxylic acids is 1. The molecule has 1 aromatic rings. The summed E-state index contributed by atoms with van der Waals surface area (Å²) in [5.74, 6) is -0.0283. The van der Waals surface area contributed by atoms with E-state index in [2.05, 4.69) is 4.90 Å². The van der Waals surface area contributed by atoms with Crippen molar-refractivity contribution < 1.29 is 13.9 Å². The van der Waals surface area contributed by atoms with Crippen molar-refractivity contribution >= 4 is 5.78 Å². The number of nitrogens with zero attached hydrogens (tertiary/aromatic N) is 1. The van der Waals surface area contributed by atoms with Crippen molar-refractivity contribution in [2.75, 3.05) is 26.7 Å². The van der Waals surface area contributed by atoms with Gasteiger partial charge in [-0.15, -0.1) is 0 Å². The van der Waals surface area contributed by atoms with E-state index in [1.165, 1.54) is 38.2 Å². The Morgan fingerprint density at radius 3 is 2.58 bits per heavy atom. The SMILES string of the molecule is COc1ccc(F)cc1C(=O)CN1CCCCCC1. The molecule has 1 aliphatic heterocycles. The van der Waals surface area contributed by atoms with Crippen LogP contribution in [0.4, 0.5) is 4.39 Å². The number of hydrogen-bond donors (Lipinski definition) is 0. The third-order valence-corrected chi connectivity index (χ3v) is 3.53. The Bertz CT molecular complexity index is 440. The molecule has 2 rings (SSSR count). The number of rotatable bonds is 4. The van der Waals surface area contributed by atoms with Crippen molar-refractivity contribution in [3.8, 4) is 5.75 Å². The minimum absolute atomic E-state index is 0.0711. The fraction of sp³-hybridized carbons (Fsp3) is 0.533. The van der Waals surface area contributed by atoms with Gasteiger partial charge in [0.05, 0.1) is 19.2 Å². The van der Waals surface area contributed by atoms with Crippen molar-refractivity contribution in [3.05, 3.63) is 29.6 Å². The third kappa shape index (κ3) is 3.77. The molecule has 0 aliphatic carbocycles. The molecule has 0 unspecified atom stereocenters. The Morgan fingerprint density at radius 2 is 1.95 bits per heavy atom. The first-order chi connectivity index (χ1) is 9.20. The van der Waals surface area contributed by atoms with Crippen LogP contribution in [0.5, 0.6) is 5.75 Å². The van der Waals surface area contributed by atoms with Gasteiger partial charge in [-0.25, -0.2) is 4.39 Å². The van der Waals surface area contributed by atoms with Gasteiger partial charge in [0.25, 0.3) is 0 Å². The van der Waals surface area contributed by atoms with Crippen LogP contribution in [0.2, 0.25) is 0 Å². The molecule has 19 heavy (non-hydrogen) atoms. The summed E-state index contributed by atoms with van der Waals surface area (Å²) in [5, 5.41) is 0. The van der Waals surface area contributed by atoms with Crippen LogP contribution in [0.1, 0.15) is 36.0 Å². The van der Waals surface area contributed by atoms with Crippen molar-refractivity contribution in [2.24, 2.45) is 0 Å². The third-order valence-electron chi connectivity index (χ3n) is 3.53. The molecule has 1 fully saturated rings. The van der Waals surface area contributed by atoms with Gasteiger partial charge >= 0.3 is 0 Å². The zero-order valence-corrected chi connectivity index (χ0v) is 11.3. The lowest BCUT2D eigenvalue weighted by molar-refractivity contribution is 0.0929. The molecule has 0 N–H and O–H groups in total. The lowest BCUT2D eigenvalue weighted by Gasteiger charge is -2.19. The van der Waals surface area contributed by atoms with E-state index in [1.54, 1.807) is 0 Å². The number of methoxy groups -OCH3 is 1. The number of benzene rings is 1. The topological polar surface area (TPSA) is 29.5 Å². The summed E-state index contributed by atoms with van der Waals surface area (Å²) < 4.78 is 18.4. The van der Waals surface area contributed by atoms with E-state index in [0.717, 1.165) is 25.9 Å². The maximum absolute atomic E-state index is 13.3. The van der Waals surface area contributed by atoms with Crippen molar-refractivity contribution in [3.63, 3.8) is 0 Å². The van der Waals surface area contributed by atoms with Crippen LogP contribution >= 0.6 is 0 Å². The van der Waals surface area contributed by atoms with E-state index in [1.807, 2.05) is 0 Å². The van der Waals surface area contributed by atoms with Crippen LogP contribution in [0, 0.1) is 5.82 Å². The number of ether oxygens (including phenoxy) is 1. The smallest absolute Gasteiger partial charge is 0.180 e. The van der Waals surface area contributed by atoms with Crippen molar-refractivity contribution in [2.45, 2.75) is 25.7 Å². The molecule has 1 aliphatic rings. The van der Waals surface area contributed by atoms with Gasteiger partial charge in [-0.3, -0.25) is 9.69 Å². The lowest BCUT2D eigenvalue weighted by Crippen LogP contribution is -2.31. The summed E-state index contributed by atoms with van der Waals surface area (Å²) in [6.07, 6.45) is 4.73. The Hall–Kier alpha value is -1.42. The Balaban J connectivity index is 2.08. The molecule has 0 bridgehead atoms. The maximum atomic E-state index is 13.3. The molecule has 0 radical (unpaired) electrons. The van der Waals surface area contributed by atoms with Gasteiger partial charge in [-0.05, 0) is 44.1 Å². The van der Waals surface area contributed by atoms with Crippen LogP contribution in [0.25, 0.3) is 0 Å². The molecule has 0 spiro atoms. The van der Waals surface area contributed by atoms with Crippen LogP contribution in [0.3, 0.4) is 0 Å². The fourth-order valence-electron chi connectivity index (χ4n) is 2.48. The second-order valence-corrected chi connectivity index (χ2v) is 4.96. The van der Waals surface area contributed by atoms with Crippen LogP contribution in [0.15, 0.2) is 18.2 Å². The number of ketones is 1. The average molecular weight is 265 g/mol. The molecule has 3 nitrogen and oxygen atoms in total. The normalized spacial score (nSPS) is 16.9. The van der Waals surface area contributed by atoms with Gasteiger partial charge in [0.15, 0.2) is 5.78 Å². The second-order valence-electron chi connectivity index (χ2n) is 4.96. The number of halogens is 1. The van der Waals surface area contributed by atoms with Gasteiger partial charge in [0.2, 0.25) is 0 Å². The molecule has 0 atom stereocenters. The maximum Gasteiger partial charge on any atom is 0.180 e. The summed E-state index contributed by atoms with van der Waals surface area (Å²) in [4.78, 5) is 14.4. The summed E-state index contributed by atoms with van der Waals surface area (Å²) in [5.41, 5.74) is 0.340. The van der Waals surface area contributed by atoms with E-state index in [4.69, 9.17) is 4.74 Å². The minimum atomic E-state index is -0.403. The molecule has 104 valence electrons. The number of Topliss-reactive ketones (excluding diaryl/α,β-unsaturated/α-hetero) is 1. The largest absolute Gasteiger partial charge is 0.496 e. The van der Waals surface area contributed by atoms with Gasteiger partial charge < -0.3 is 4.74 Å². The highest BCUT2D eigenvalue weighted by molar-refractivity contribution is 6.00. The minimum Gasteiger partial charge on any atom is -0.496 e. The van der Waals surface area contributed by atoms with E-state index < -0.39 is 5.82 Å². The van der Waals surface area contributed by atoms with Gasteiger partial charge in [0, 0.05) is 0 Å². The predicted molar refractivity (Wildman–Crippen MR) is 72.2 cm³/mol. The van der Waals surface area contributed by atoms with Gasteiger partial charge in [-0.1, -0.05) is 12.8 Å². The molecular weight excluding hydrogens is 245 g/mol. The van der Waals surface area contributed by atoms with E-state index in [-0.39, 0.29) is 5.78 Å². The lowest BCUT2D eigenvalue weighted by atomic mass is 10.1. The van der Waals surface area contributed by atoms with E-state index in [9.17, 15) is 9.18 Å². The van der Waals surface area contributed by atoms with Crippen LogP contribution in [-0.4, -0.2) is 37.4 Å². The summed E-state index contributed by atoms with van der Waals surface area (Å²) in [6, 6.07) is 4.07. The summed E-state index contributed by atoms with van der Waals surface area (Å²) in [6.45, 7) is 2.24. The first kappa shape index (κ1) is 14.0. The monoisotopic (exact) mass is 265 g/mol. The Kier molecular flexibility index (Phi) is 4.91. The molecule has 0 amide bonds. The second kappa shape index (κ2) is 6.66. The molecule has 1 aromatic carbocycles. The van der Waals surface area contributed by atoms with Gasteiger partial charge in [-0.2, -0.15) is 0 Å². The average Bonchev–Trinajstić information content (AvgIpc) is 2.67. The highest BCUT2D eigenvalue weighted by Crippen LogP contribution is 2.20. The van der Waals surface area contributed by atoms with Crippen molar-refractivity contribution in [1.29, 1.82) is 0 Å². The van der Waals surface area contributed by atoms with Crippen LogP contribution in [-0.2, 0) is 0 Å². The standard InChI is InChI=1S/C15H20FNO2/c1-19-15-7-6-12(16)10-13(15)14(18)11-17-8-4-2-3-5-9-17/h6-7,10H,2-5,8-9,11H2,1H3. The first-order valence-electron chi connectivity index (χ1n) is 6.80. The highest BCUT2D eigenvalue weighted by atomic mass is 19.1. The Morgan fingerprint density at radius 1 is 1.26 bits per heavy atom. The quantitative estimate of drug-likeness (QED) is 0.784. The van der Waals surface area contributed by atoms with Gasteiger partial charge in [0.1, 0.15) is 11.6 Å². The summed E-state index contributed by atoms with van der Waals surface area (Å²) >= 11 is 0. The van der Waals surface area contributed by atoms with E-state index >= 15 is 0 Å². The Labute approximate surface area is 113 Å². The van der Waals surface area contributed by atoms with Crippen molar-refractivity contribution in [1.82, 2.24) is 4.90 Å². The first-order valence-corrected chi connectivity index (χ1v) is 6.80. The number of carbonyl (C=O) groups is 1. The summed E-state index contributed by atoms with van der Waals surface area (Å²) in [7, 11) is 1.50. The molecule has 0 saturated carbocycles. The molecular formula is C15H20FNO2. The predicted octanol–water partition coefficient (Wildman–Crippen LogP) is 2.89. The number of likely N-dealkylation sites (tertiary alicyclic amines) is 1. The van der Waals surface area contributed by atoms with Crippen LogP contribution < -0.4 is 4.74 Å².